The largest absolute Gasteiger partial charge is 0.377 e. The molecule has 3 heterocycles. The van der Waals surface area contributed by atoms with E-state index in [-0.39, 0.29) is 0 Å². The molecule has 3 rings (SSSR count). The third-order valence-electron chi connectivity index (χ3n) is 4.54. The van der Waals surface area contributed by atoms with E-state index in [0.29, 0.717) is 6.61 Å². The maximum absolute atomic E-state index is 5.38. The van der Waals surface area contributed by atoms with Crippen molar-refractivity contribution in [2.75, 3.05) is 25.1 Å². The highest BCUT2D eigenvalue weighted by atomic mass is 16.5. The first kappa shape index (κ1) is 19.8. The number of aliphatic imine (C=N–C) groups is 1. The molecule has 0 amide bonds. The van der Waals surface area contributed by atoms with E-state index in [0.717, 1.165) is 54.7 Å². The number of hydrogen-bond donors (Lipinski definition) is 1. The van der Waals surface area contributed by atoms with E-state index in [1.54, 1.807) is 12.3 Å². The normalized spacial score (nSPS) is 14.9. The average molecular weight is 377 g/mol. The molecular weight excluding hydrogens is 350 g/mol. The van der Waals surface area contributed by atoms with Crippen molar-refractivity contribution in [1.29, 1.82) is 0 Å². The van der Waals surface area contributed by atoms with Gasteiger partial charge in [-0.1, -0.05) is 18.7 Å². The Balaban J connectivity index is 1.57. The first-order valence-electron chi connectivity index (χ1n) is 9.54. The Labute approximate surface area is 166 Å². The zero-order chi connectivity index (χ0) is 19.8. The quantitative estimate of drug-likeness (QED) is 0.706. The van der Waals surface area contributed by atoms with Gasteiger partial charge < -0.3 is 14.6 Å². The van der Waals surface area contributed by atoms with Crippen LogP contribution in [0.5, 0.6) is 0 Å². The molecule has 6 nitrogen and oxygen atoms in total. The van der Waals surface area contributed by atoms with E-state index in [4.69, 9.17) is 9.72 Å². The van der Waals surface area contributed by atoms with Crippen molar-refractivity contribution in [3.05, 3.63) is 72.6 Å². The fraction of sp³-hybridized carbons (Fsp3) is 0.318. The Morgan fingerprint density at radius 1 is 1.43 bits per heavy atom. The number of nitrogens with one attached hydrogen (secondary N) is 1. The minimum absolute atomic E-state index is 0.678. The van der Waals surface area contributed by atoms with Gasteiger partial charge in [0.2, 0.25) is 0 Å². The summed E-state index contributed by atoms with van der Waals surface area (Å²) >= 11 is 0. The molecule has 0 aliphatic carbocycles. The minimum Gasteiger partial charge on any atom is -0.377 e. The van der Waals surface area contributed by atoms with E-state index in [9.17, 15) is 0 Å². The van der Waals surface area contributed by atoms with Crippen LogP contribution in [0.15, 0.2) is 60.5 Å². The molecular formula is C22H27N5O. The van der Waals surface area contributed by atoms with Crippen LogP contribution >= 0.6 is 0 Å². The van der Waals surface area contributed by atoms with Crippen LogP contribution in [0.25, 0.3) is 5.57 Å². The molecule has 2 aromatic rings. The van der Waals surface area contributed by atoms with Gasteiger partial charge in [0.25, 0.3) is 0 Å². The van der Waals surface area contributed by atoms with Gasteiger partial charge >= 0.3 is 0 Å². The summed E-state index contributed by atoms with van der Waals surface area (Å²) in [6.07, 6.45) is 12.3. The number of anilines is 1. The van der Waals surface area contributed by atoms with Gasteiger partial charge in [-0.25, -0.2) is 9.97 Å². The monoisotopic (exact) mass is 377 g/mol. The summed E-state index contributed by atoms with van der Waals surface area (Å²) < 4.78 is 7.55. The van der Waals surface area contributed by atoms with Crippen molar-refractivity contribution in [1.82, 2.24) is 14.5 Å². The highest BCUT2D eigenvalue weighted by molar-refractivity contribution is 6.08. The molecule has 0 spiro atoms. The number of aryl methyl sites for hydroxylation is 1. The number of ether oxygens (including phenoxy) is 1. The topological polar surface area (TPSA) is 64.3 Å². The number of rotatable bonds is 8. The number of aromatic nitrogens is 3. The maximum atomic E-state index is 5.38. The van der Waals surface area contributed by atoms with Gasteiger partial charge in [0.05, 0.1) is 24.6 Å². The Kier molecular flexibility index (Phi) is 6.92. The minimum atomic E-state index is 0.678. The molecule has 28 heavy (non-hydrogen) atoms. The summed E-state index contributed by atoms with van der Waals surface area (Å²) in [6.45, 7) is 10.8. The van der Waals surface area contributed by atoms with Crippen LogP contribution in [-0.4, -0.2) is 40.0 Å². The van der Waals surface area contributed by atoms with Gasteiger partial charge in [0.1, 0.15) is 11.6 Å². The lowest BCUT2D eigenvalue weighted by atomic mass is 10.1. The van der Waals surface area contributed by atoms with Gasteiger partial charge in [-0.2, -0.15) is 0 Å². The summed E-state index contributed by atoms with van der Waals surface area (Å²) in [5, 5.41) is 3.36. The summed E-state index contributed by atoms with van der Waals surface area (Å²) in [4.78, 5) is 13.5. The average Bonchev–Trinajstić information content (AvgIpc) is 3.11. The van der Waals surface area contributed by atoms with Crippen molar-refractivity contribution in [2.45, 2.75) is 26.8 Å². The van der Waals surface area contributed by atoms with E-state index >= 15 is 0 Å². The Morgan fingerprint density at radius 3 is 3.00 bits per heavy atom. The van der Waals surface area contributed by atoms with Gasteiger partial charge in [-0.05, 0) is 44.1 Å². The first-order chi connectivity index (χ1) is 13.7. The molecule has 1 aliphatic rings. The zero-order valence-corrected chi connectivity index (χ0v) is 16.6. The SMILES string of the molecule is C=C/C(=N\C=C/C)c1ccc(NCCn2cc(C3=CCOCC3)nc2C)nc1. The van der Waals surface area contributed by atoms with Crippen LogP contribution in [0.3, 0.4) is 0 Å². The second-order valence-electron chi connectivity index (χ2n) is 6.48. The van der Waals surface area contributed by atoms with Crippen LogP contribution in [-0.2, 0) is 11.3 Å². The Hall–Kier alpha value is -2.99. The summed E-state index contributed by atoms with van der Waals surface area (Å²) in [7, 11) is 0. The summed E-state index contributed by atoms with van der Waals surface area (Å²) in [6, 6.07) is 3.96. The first-order valence-corrected chi connectivity index (χ1v) is 9.54. The molecule has 2 aromatic heterocycles. The Morgan fingerprint density at radius 2 is 2.32 bits per heavy atom. The highest BCUT2D eigenvalue weighted by Crippen LogP contribution is 2.20. The van der Waals surface area contributed by atoms with Crippen molar-refractivity contribution < 1.29 is 4.74 Å². The third kappa shape index (κ3) is 5.04. The molecule has 0 radical (unpaired) electrons. The van der Waals surface area contributed by atoms with Gasteiger partial charge in [-0.3, -0.25) is 4.99 Å². The summed E-state index contributed by atoms with van der Waals surface area (Å²) in [5.74, 6) is 1.85. The van der Waals surface area contributed by atoms with Gasteiger partial charge in [0.15, 0.2) is 0 Å². The summed E-state index contributed by atoms with van der Waals surface area (Å²) in [5.41, 5.74) is 4.08. The third-order valence-corrected chi connectivity index (χ3v) is 4.54. The van der Waals surface area contributed by atoms with Gasteiger partial charge in [-0.15, -0.1) is 0 Å². The smallest absolute Gasteiger partial charge is 0.125 e. The number of pyridine rings is 1. The van der Waals surface area contributed by atoms with E-state index < -0.39 is 0 Å². The number of allylic oxidation sites excluding steroid dienone is 2. The van der Waals surface area contributed by atoms with Crippen molar-refractivity contribution in [3.8, 4) is 0 Å². The van der Waals surface area contributed by atoms with Crippen LogP contribution in [0.4, 0.5) is 5.82 Å². The predicted molar refractivity (Wildman–Crippen MR) is 115 cm³/mol. The fourth-order valence-electron chi connectivity index (χ4n) is 3.00. The molecule has 0 saturated carbocycles. The lowest BCUT2D eigenvalue weighted by Gasteiger charge is -2.11. The molecule has 0 fully saturated rings. The van der Waals surface area contributed by atoms with Crippen LogP contribution in [0, 0.1) is 6.92 Å². The standard InChI is InChI=1S/C22H27N5O/c1-4-10-23-20(5-2)19-6-7-22(25-15-19)24-11-12-27-16-21(26-17(27)3)18-8-13-28-14-9-18/h4-8,10,15-16H,2,9,11-14H2,1,3H3,(H,24,25)/b10-4-,23-20+. The van der Waals surface area contributed by atoms with E-state index in [2.05, 4.69) is 38.7 Å². The molecule has 1 aliphatic heterocycles. The highest BCUT2D eigenvalue weighted by Gasteiger charge is 2.11. The van der Waals surface area contributed by atoms with E-state index in [1.807, 2.05) is 38.3 Å². The van der Waals surface area contributed by atoms with Crippen molar-refractivity contribution >= 4 is 17.1 Å². The van der Waals surface area contributed by atoms with Crippen LogP contribution in [0.2, 0.25) is 0 Å². The lowest BCUT2D eigenvalue weighted by molar-refractivity contribution is 0.161. The number of nitrogens with zero attached hydrogens (tertiary/aromatic N) is 4. The molecule has 6 heteroatoms. The lowest BCUT2D eigenvalue weighted by Crippen LogP contribution is -2.12. The molecule has 146 valence electrons. The Bertz CT molecular complexity index is 890. The van der Waals surface area contributed by atoms with Crippen LogP contribution in [0.1, 0.15) is 30.4 Å². The predicted octanol–water partition coefficient (Wildman–Crippen LogP) is 4.01. The zero-order valence-electron chi connectivity index (χ0n) is 16.6. The van der Waals surface area contributed by atoms with Crippen LogP contribution < -0.4 is 5.32 Å². The van der Waals surface area contributed by atoms with Crippen molar-refractivity contribution in [2.24, 2.45) is 4.99 Å². The molecule has 0 bridgehead atoms. The van der Waals surface area contributed by atoms with Gasteiger partial charge in [0, 0.05) is 37.2 Å². The molecule has 0 saturated heterocycles. The molecule has 0 atom stereocenters. The molecule has 0 aromatic carbocycles. The molecule has 0 unspecified atom stereocenters. The number of imidazole rings is 1. The molecule has 1 N–H and O–H groups in total. The van der Waals surface area contributed by atoms with E-state index in [1.165, 1.54) is 5.57 Å². The fourth-order valence-corrected chi connectivity index (χ4v) is 3.00. The number of hydrogen-bond acceptors (Lipinski definition) is 5. The second-order valence-corrected chi connectivity index (χ2v) is 6.48. The maximum Gasteiger partial charge on any atom is 0.125 e. The second kappa shape index (κ2) is 9.80. The van der Waals surface area contributed by atoms with Crippen molar-refractivity contribution in [3.63, 3.8) is 0 Å².